The van der Waals surface area contributed by atoms with Crippen LogP contribution in [0.3, 0.4) is 0 Å². The van der Waals surface area contributed by atoms with Crippen LogP contribution in [0.4, 0.5) is 0 Å². The summed E-state index contributed by atoms with van der Waals surface area (Å²) in [6, 6.07) is 3.93. The van der Waals surface area contributed by atoms with E-state index in [1.807, 2.05) is 32.9 Å². The summed E-state index contributed by atoms with van der Waals surface area (Å²) in [5.74, 6) is 0.818. The molecule has 0 aromatic heterocycles. The van der Waals surface area contributed by atoms with Gasteiger partial charge in [-0.3, -0.25) is 4.79 Å². The summed E-state index contributed by atoms with van der Waals surface area (Å²) in [6.45, 7) is 6.54. The Morgan fingerprint density at radius 1 is 1.39 bits per heavy atom. The SMILES string of the molecule is COc1cc(C)cc(C)c1C(=O)C(C)CCCN. The molecule has 0 spiro atoms. The minimum absolute atomic E-state index is 0.0103. The topological polar surface area (TPSA) is 52.3 Å². The first kappa shape index (κ1) is 14.7. The number of hydrogen-bond acceptors (Lipinski definition) is 3. The molecule has 18 heavy (non-hydrogen) atoms. The molecule has 0 amide bonds. The van der Waals surface area contributed by atoms with E-state index in [9.17, 15) is 4.79 Å². The maximum absolute atomic E-state index is 12.4. The highest BCUT2D eigenvalue weighted by Crippen LogP contribution is 2.27. The number of ketones is 1. The first-order valence-corrected chi connectivity index (χ1v) is 6.40. The number of aryl methyl sites for hydroxylation is 2. The molecular weight excluding hydrogens is 226 g/mol. The van der Waals surface area contributed by atoms with Gasteiger partial charge in [-0.1, -0.05) is 13.0 Å². The molecule has 0 radical (unpaired) electrons. The van der Waals surface area contributed by atoms with Crippen LogP contribution in [-0.2, 0) is 0 Å². The summed E-state index contributed by atoms with van der Waals surface area (Å²) in [7, 11) is 1.61. The number of rotatable bonds is 6. The zero-order chi connectivity index (χ0) is 13.7. The van der Waals surface area contributed by atoms with Crippen molar-refractivity contribution < 1.29 is 9.53 Å². The Bertz CT molecular complexity index is 427. The van der Waals surface area contributed by atoms with Gasteiger partial charge < -0.3 is 10.5 Å². The van der Waals surface area contributed by atoms with Gasteiger partial charge in [0.25, 0.3) is 0 Å². The zero-order valence-corrected chi connectivity index (χ0v) is 11.7. The average Bonchev–Trinajstić information content (AvgIpc) is 2.34. The Balaban J connectivity index is 3.04. The van der Waals surface area contributed by atoms with Crippen LogP contribution in [0, 0.1) is 19.8 Å². The van der Waals surface area contributed by atoms with Crippen LogP contribution in [-0.4, -0.2) is 19.4 Å². The van der Waals surface area contributed by atoms with Crippen LogP contribution < -0.4 is 10.5 Å². The molecule has 0 saturated heterocycles. The minimum atomic E-state index is -0.0103. The van der Waals surface area contributed by atoms with Gasteiger partial charge in [-0.25, -0.2) is 0 Å². The van der Waals surface area contributed by atoms with Crippen molar-refractivity contribution >= 4 is 5.78 Å². The highest BCUT2D eigenvalue weighted by Gasteiger charge is 2.21. The van der Waals surface area contributed by atoms with E-state index in [4.69, 9.17) is 10.5 Å². The minimum Gasteiger partial charge on any atom is -0.496 e. The number of methoxy groups -OCH3 is 1. The van der Waals surface area contributed by atoms with E-state index in [1.165, 1.54) is 0 Å². The van der Waals surface area contributed by atoms with Crippen LogP contribution in [0.5, 0.6) is 5.75 Å². The smallest absolute Gasteiger partial charge is 0.169 e. The number of hydrogen-bond donors (Lipinski definition) is 1. The fourth-order valence-corrected chi connectivity index (χ4v) is 2.21. The fraction of sp³-hybridized carbons (Fsp3) is 0.533. The summed E-state index contributed by atoms with van der Waals surface area (Å²) in [4.78, 5) is 12.4. The molecule has 1 rings (SSSR count). The molecule has 2 N–H and O–H groups in total. The molecule has 1 unspecified atom stereocenters. The monoisotopic (exact) mass is 249 g/mol. The Morgan fingerprint density at radius 2 is 2.06 bits per heavy atom. The van der Waals surface area contributed by atoms with E-state index >= 15 is 0 Å². The van der Waals surface area contributed by atoms with Crippen LogP contribution in [0.15, 0.2) is 12.1 Å². The number of carbonyl (C=O) groups is 1. The molecule has 3 heteroatoms. The summed E-state index contributed by atoms with van der Waals surface area (Å²) < 4.78 is 5.34. The first-order chi connectivity index (χ1) is 8.51. The van der Waals surface area contributed by atoms with Gasteiger partial charge in [0.2, 0.25) is 0 Å². The van der Waals surface area contributed by atoms with Crippen molar-refractivity contribution in [2.75, 3.05) is 13.7 Å². The molecule has 0 saturated carbocycles. The second-order valence-corrected chi connectivity index (χ2v) is 4.86. The summed E-state index contributed by atoms with van der Waals surface area (Å²) in [5, 5.41) is 0. The van der Waals surface area contributed by atoms with Gasteiger partial charge in [-0.2, -0.15) is 0 Å². The maximum Gasteiger partial charge on any atom is 0.169 e. The zero-order valence-electron chi connectivity index (χ0n) is 11.7. The molecule has 0 heterocycles. The standard InChI is InChI=1S/C15H23NO2/c1-10-8-12(3)14(13(9-10)18-4)15(17)11(2)6-5-7-16/h8-9,11H,5-7,16H2,1-4H3. The van der Waals surface area contributed by atoms with Crippen molar-refractivity contribution in [2.45, 2.75) is 33.6 Å². The number of ether oxygens (including phenoxy) is 1. The Kier molecular flexibility index (Phi) is 5.35. The number of Topliss-reactive ketones (excluding diaryl/α,β-unsaturated/α-hetero) is 1. The predicted octanol–water partition coefficient (Wildman–Crippen LogP) is 2.87. The van der Waals surface area contributed by atoms with Crippen LogP contribution in [0.2, 0.25) is 0 Å². The normalized spacial score (nSPS) is 12.3. The van der Waals surface area contributed by atoms with Gasteiger partial charge in [0.1, 0.15) is 5.75 Å². The van der Waals surface area contributed by atoms with Crippen molar-refractivity contribution in [2.24, 2.45) is 11.7 Å². The molecule has 1 atom stereocenters. The van der Waals surface area contributed by atoms with Crippen LogP contribution in [0.1, 0.15) is 41.3 Å². The summed E-state index contributed by atoms with van der Waals surface area (Å²) in [6.07, 6.45) is 1.70. The van der Waals surface area contributed by atoms with E-state index in [0.717, 1.165) is 24.0 Å². The van der Waals surface area contributed by atoms with E-state index in [2.05, 4.69) is 0 Å². The Morgan fingerprint density at radius 3 is 2.61 bits per heavy atom. The van der Waals surface area contributed by atoms with Gasteiger partial charge in [0.15, 0.2) is 5.78 Å². The van der Waals surface area contributed by atoms with Crippen molar-refractivity contribution in [1.82, 2.24) is 0 Å². The average molecular weight is 249 g/mol. The fourth-order valence-electron chi connectivity index (χ4n) is 2.21. The second-order valence-electron chi connectivity index (χ2n) is 4.86. The number of benzene rings is 1. The van der Waals surface area contributed by atoms with Gasteiger partial charge in [0.05, 0.1) is 12.7 Å². The largest absolute Gasteiger partial charge is 0.496 e. The predicted molar refractivity (Wildman–Crippen MR) is 74.3 cm³/mol. The van der Waals surface area contributed by atoms with Gasteiger partial charge in [-0.15, -0.1) is 0 Å². The third-order valence-corrected chi connectivity index (χ3v) is 3.20. The lowest BCUT2D eigenvalue weighted by molar-refractivity contribution is 0.0919. The third-order valence-electron chi connectivity index (χ3n) is 3.20. The van der Waals surface area contributed by atoms with E-state index < -0.39 is 0 Å². The Hall–Kier alpha value is -1.35. The lowest BCUT2D eigenvalue weighted by atomic mass is 9.91. The number of carbonyl (C=O) groups excluding carboxylic acids is 1. The van der Waals surface area contributed by atoms with Crippen LogP contribution >= 0.6 is 0 Å². The first-order valence-electron chi connectivity index (χ1n) is 6.40. The summed E-state index contributed by atoms with van der Waals surface area (Å²) in [5.41, 5.74) is 8.29. The third kappa shape index (κ3) is 3.33. The molecule has 3 nitrogen and oxygen atoms in total. The molecule has 0 aliphatic carbocycles. The number of nitrogens with two attached hydrogens (primary N) is 1. The molecular formula is C15H23NO2. The molecule has 0 fully saturated rings. The Labute approximate surface area is 109 Å². The van der Waals surface area contributed by atoms with Gasteiger partial charge in [0, 0.05) is 5.92 Å². The van der Waals surface area contributed by atoms with E-state index in [0.29, 0.717) is 17.9 Å². The van der Waals surface area contributed by atoms with Crippen molar-refractivity contribution in [3.8, 4) is 5.75 Å². The highest BCUT2D eigenvalue weighted by atomic mass is 16.5. The molecule has 0 bridgehead atoms. The molecule has 100 valence electrons. The van der Waals surface area contributed by atoms with Gasteiger partial charge >= 0.3 is 0 Å². The molecule has 1 aromatic carbocycles. The summed E-state index contributed by atoms with van der Waals surface area (Å²) >= 11 is 0. The van der Waals surface area contributed by atoms with Crippen molar-refractivity contribution in [3.05, 3.63) is 28.8 Å². The molecule has 1 aromatic rings. The quantitative estimate of drug-likeness (QED) is 0.789. The lowest BCUT2D eigenvalue weighted by Gasteiger charge is -2.16. The molecule has 0 aliphatic heterocycles. The van der Waals surface area contributed by atoms with Gasteiger partial charge in [-0.05, 0) is 50.4 Å². The lowest BCUT2D eigenvalue weighted by Crippen LogP contribution is -2.15. The molecule has 0 aliphatic rings. The highest BCUT2D eigenvalue weighted by molar-refractivity contribution is 6.01. The second kappa shape index (κ2) is 6.55. The van der Waals surface area contributed by atoms with Crippen molar-refractivity contribution in [3.63, 3.8) is 0 Å². The van der Waals surface area contributed by atoms with Crippen LogP contribution in [0.25, 0.3) is 0 Å². The maximum atomic E-state index is 12.4. The van der Waals surface area contributed by atoms with E-state index in [-0.39, 0.29) is 11.7 Å². The van der Waals surface area contributed by atoms with E-state index in [1.54, 1.807) is 7.11 Å². The van der Waals surface area contributed by atoms with Crippen molar-refractivity contribution in [1.29, 1.82) is 0 Å².